The summed E-state index contributed by atoms with van der Waals surface area (Å²) in [5.74, 6) is 0.943. The van der Waals surface area contributed by atoms with Gasteiger partial charge in [-0.15, -0.1) is 0 Å². The molecule has 1 saturated heterocycles. The fourth-order valence-electron chi connectivity index (χ4n) is 2.94. The molecule has 3 rings (SSSR count). The Hall–Kier alpha value is -2.85. The number of nitriles is 1. The molecule has 1 fully saturated rings. The van der Waals surface area contributed by atoms with Crippen molar-refractivity contribution in [3.8, 4) is 6.07 Å². The zero-order valence-corrected chi connectivity index (χ0v) is 15.1. The molecule has 1 aromatic heterocycles. The molecule has 1 aromatic carbocycles. The van der Waals surface area contributed by atoms with Crippen LogP contribution >= 0.6 is 0 Å². The number of aromatic nitrogens is 1. The third kappa shape index (κ3) is 4.83. The fourth-order valence-corrected chi connectivity index (χ4v) is 2.94. The van der Waals surface area contributed by atoms with Gasteiger partial charge in [0.1, 0.15) is 6.26 Å². The van der Waals surface area contributed by atoms with Crippen LogP contribution in [0.25, 0.3) is 0 Å². The zero-order chi connectivity index (χ0) is 18.2. The van der Waals surface area contributed by atoms with Crippen LogP contribution in [0.15, 0.2) is 46.1 Å². The highest BCUT2D eigenvalue weighted by Crippen LogP contribution is 2.09. The van der Waals surface area contributed by atoms with Gasteiger partial charge in [-0.2, -0.15) is 5.26 Å². The van der Waals surface area contributed by atoms with Gasteiger partial charge >= 0.3 is 0 Å². The molecule has 2 heterocycles. The number of hydrogen-bond donors (Lipinski definition) is 1. The van der Waals surface area contributed by atoms with Crippen molar-refractivity contribution in [3.05, 3.63) is 53.4 Å². The number of nitrogens with one attached hydrogen (secondary N) is 1. The number of guanidine groups is 1. The normalized spacial score (nSPS) is 15.7. The number of benzene rings is 1. The van der Waals surface area contributed by atoms with Gasteiger partial charge in [-0.3, -0.25) is 4.90 Å². The maximum Gasteiger partial charge on any atom is 0.194 e. The summed E-state index contributed by atoms with van der Waals surface area (Å²) >= 11 is 0. The number of piperazine rings is 1. The predicted molar refractivity (Wildman–Crippen MR) is 99.3 cm³/mol. The molecule has 0 spiro atoms. The second kappa shape index (κ2) is 9.02. The molecule has 26 heavy (non-hydrogen) atoms. The fraction of sp³-hybridized carbons (Fsp3) is 0.421. The van der Waals surface area contributed by atoms with E-state index in [2.05, 4.69) is 33.3 Å². The number of aliphatic imine (C=N–C) groups is 1. The van der Waals surface area contributed by atoms with Gasteiger partial charge in [-0.25, -0.2) is 4.99 Å². The van der Waals surface area contributed by atoms with E-state index in [1.807, 2.05) is 30.3 Å². The topological polar surface area (TPSA) is 80.7 Å². The van der Waals surface area contributed by atoms with E-state index < -0.39 is 0 Å². The van der Waals surface area contributed by atoms with Crippen LogP contribution in [0.2, 0.25) is 0 Å². The predicted octanol–water partition coefficient (Wildman–Crippen LogP) is 1.83. The zero-order valence-electron chi connectivity index (χ0n) is 15.1. The molecule has 7 nitrogen and oxygen atoms in total. The molecule has 1 aliphatic rings. The number of nitrogens with zero attached hydrogens (tertiary/aromatic N) is 5. The lowest BCUT2D eigenvalue weighted by atomic mass is 10.1. The second-order valence-corrected chi connectivity index (χ2v) is 6.23. The van der Waals surface area contributed by atoms with E-state index in [1.54, 1.807) is 6.26 Å². The van der Waals surface area contributed by atoms with E-state index in [9.17, 15) is 0 Å². The highest BCUT2D eigenvalue weighted by Gasteiger charge is 2.20. The van der Waals surface area contributed by atoms with Crippen molar-refractivity contribution in [1.29, 1.82) is 5.26 Å². The first-order chi connectivity index (χ1) is 12.8. The highest BCUT2D eigenvalue weighted by molar-refractivity contribution is 5.80. The van der Waals surface area contributed by atoms with Gasteiger partial charge in [-0.05, 0) is 24.6 Å². The molecular formula is C19H24N6O. The Bertz CT molecular complexity index is 739. The summed E-state index contributed by atoms with van der Waals surface area (Å²) < 4.78 is 4.90. The van der Waals surface area contributed by atoms with Crippen molar-refractivity contribution in [2.45, 2.75) is 20.0 Å². The molecule has 0 atom stereocenters. The molecule has 0 radical (unpaired) electrons. The van der Waals surface area contributed by atoms with E-state index in [0.29, 0.717) is 12.1 Å². The van der Waals surface area contributed by atoms with Gasteiger partial charge in [0, 0.05) is 45.3 Å². The van der Waals surface area contributed by atoms with E-state index in [1.165, 1.54) is 0 Å². The molecule has 0 amide bonds. The van der Waals surface area contributed by atoms with Crippen molar-refractivity contribution in [2.24, 2.45) is 4.99 Å². The largest absolute Gasteiger partial charge is 0.364 e. The molecule has 0 bridgehead atoms. The summed E-state index contributed by atoms with van der Waals surface area (Å²) in [6, 6.07) is 11.6. The van der Waals surface area contributed by atoms with Crippen molar-refractivity contribution in [1.82, 2.24) is 20.3 Å². The quantitative estimate of drug-likeness (QED) is 0.653. The molecule has 1 aliphatic heterocycles. The summed E-state index contributed by atoms with van der Waals surface area (Å²) in [4.78, 5) is 9.44. The Kier molecular flexibility index (Phi) is 6.23. The summed E-state index contributed by atoms with van der Waals surface area (Å²) in [6.07, 6.45) is 1.62. The lowest BCUT2D eigenvalue weighted by molar-refractivity contribution is 0.169. The van der Waals surface area contributed by atoms with Gasteiger partial charge < -0.3 is 14.7 Å². The van der Waals surface area contributed by atoms with Crippen molar-refractivity contribution in [3.63, 3.8) is 0 Å². The standard InChI is InChI=1S/C19H24N6O/c1-2-21-19(22-14-17-5-3-16(13-20)4-6-17)25-10-8-24(9-11-25)15-18-7-12-26-23-18/h3-7,12H,2,8-11,14-15H2,1H3,(H,21,22). The minimum absolute atomic E-state index is 0.604. The monoisotopic (exact) mass is 352 g/mol. The minimum Gasteiger partial charge on any atom is -0.364 e. The Morgan fingerprint density at radius 1 is 1.23 bits per heavy atom. The maximum atomic E-state index is 8.88. The molecular weight excluding hydrogens is 328 g/mol. The summed E-state index contributed by atoms with van der Waals surface area (Å²) in [6.45, 7) is 8.14. The van der Waals surface area contributed by atoms with Gasteiger partial charge in [0.25, 0.3) is 0 Å². The molecule has 0 aliphatic carbocycles. The van der Waals surface area contributed by atoms with E-state index >= 15 is 0 Å². The molecule has 136 valence electrons. The van der Waals surface area contributed by atoms with Crippen LogP contribution in [-0.4, -0.2) is 53.6 Å². The van der Waals surface area contributed by atoms with E-state index in [4.69, 9.17) is 14.8 Å². The van der Waals surface area contributed by atoms with Crippen LogP contribution in [0.1, 0.15) is 23.7 Å². The Morgan fingerprint density at radius 2 is 2.00 bits per heavy atom. The van der Waals surface area contributed by atoms with Crippen LogP contribution < -0.4 is 5.32 Å². The first-order valence-corrected chi connectivity index (χ1v) is 8.92. The molecule has 0 saturated carbocycles. The first kappa shape index (κ1) is 18.0. The SMILES string of the molecule is CCNC(=NCc1ccc(C#N)cc1)N1CCN(Cc2ccon2)CC1. The van der Waals surface area contributed by atoms with E-state index in [0.717, 1.165) is 56.5 Å². The third-order valence-electron chi connectivity index (χ3n) is 4.38. The third-order valence-corrected chi connectivity index (χ3v) is 4.38. The Labute approximate surface area is 153 Å². The molecule has 1 N–H and O–H groups in total. The van der Waals surface area contributed by atoms with Crippen LogP contribution in [0.4, 0.5) is 0 Å². The Balaban J connectivity index is 1.56. The van der Waals surface area contributed by atoms with Gasteiger partial charge in [0.05, 0.1) is 23.9 Å². The maximum absolute atomic E-state index is 8.88. The van der Waals surface area contributed by atoms with Gasteiger partial charge in [0.15, 0.2) is 5.96 Å². The average molecular weight is 352 g/mol. The smallest absolute Gasteiger partial charge is 0.194 e. The molecule has 0 unspecified atom stereocenters. The summed E-state index contributed by atoms with van der Waals surface area (Å²) in [5.41, 5.74) is 2.75. The van der Waals surface area contributed by atoms with Crippen LogP contribution in [-0.2, 0) is 13.1 Å². The molecule has 7 heteroatoms. The average Bonchev–Trinajstić information content (AvgIpc) is 3.19. The highest BCUT2D eigenvalue weighted by atomic mass is 16.5. The van der Waals surface area contributed by atoms with Crippen molar-refractivity contribution in [2.75, 3.05) is 32.7 Å². The minimum atomic E-state index is 0.604. The van der Waals surface area contributed by atoms with Crippen LogP contribution in [0, 0.1) is 11.3 Å². The summed E-state index contributed by atoms with van der Waals surface area (Å²) in [7, 11) is 0. The second-order valence-electron chi connectivity index (χ2n) is 6.23. The van der Waals surface area contributed by atoms with Crippen LogP contribution in [0.3, 0.4) is 0 Å². The van der Waals surface area contributed by atoms with Gasteiger partial charge in [-0.1, -0.05) is 17.3 Å². The molecule has 2 aromatic rings. The van der Waals surface area contributed by atoms with E-state index in [-0.39, 0.29) is 0 Å². The van der Waals surface area contributed by atoms with Crippen molar-refractivity contribution < 1.29 is 4.52 Å². The number of rotatable bonds is 5. The summed E-state index contributed by atoms with van der Waals surface area (Å²) in [5, 5.41) is 16.2. The lowest BCUT2D eigenvalue weighted by Crippen LogP contribution is -2.52. The Morgan fingerprint density at radius 3 is 2.62 bits per heavy atom. The first-order valence-electron chi connectivity index (χ1n) is 8.92. The lowest BCUT2D eigenvalue weighted by Gasteiger charge is -2.36. The number of hydrogen-bond acceptors (Lipinski definition) is 5. The van der Waals surface area contributed by atoms with Crippen molar-refractivity contribution >= 4 is 5.96 Å². The van der Waals surface area contributed by atoms with Gasteiger partial charge in [0.2, 0.25) is 0 Å². The van der Waals surface area contributed by atoms with Crippen LogP contribution in [0.5, 0.6) is 0 Å².